The maximum Gasteiger partial charge on any atom is 0.344 e. The van der Waals surface area contributed by atoms with Gasteiger partial charge >= 0.3 is 5.97 Å². The average Bonchev–Trinajstić information content (AvgIpc) is 2.43. The average molecular weight is 292 g/mol. The quantitative estimate of drug-likeness (QED) is 0.208. The number of carbonyl (C=O) groups is 1. The van der Waals surface area contributed by atoms with E-state index in [1.54, 1.807) is 0 Å². The molecule has 0 heterocycles. The summed E-state index contributed by atoms with van der Waals surface area (Å²) in [4.78, 5) is 11.3. The fourth-order valence-electron chi connectivity index (χ4n) is 1.35. The zero-order valence-corrected chi connectivity index (χ0v) is 10.1. The molecule has 20 heavy (non-hydrogen) atoms. The van der Waals surface area contributed by atoms with Gasteiger partial charge in [-0.1, -0.05) is 0 Å². The van der Waals surface area contributed by atoms with E-state index >= 15 is 0 Å². The first-order valence-electron chi connectivity index (χ1n) is 5.53. The summed E-state index contributed by atoms with van der Waals surface area (Å²) in [5.74, 6) is -10.4. The second-order valence-corrected chi connectivity index (χ2v) is 3.74. The molecule has 0 aliphatic carbocycles. The van der Waals surface area contributed by atoms with Gasteiger partial charge in [-0.15, -0.1) is 12.3 Å². The summed E-state index contributed by atoms with van der Waals surface area (Å²) in [6.45, 7) is -0.236. The fourth-order valence-corrected chi connectivity index (χ4v) is 1.35. The van der Waals surface area contributed by atoms with Gasteiger partial charge in [0.2, 0.25) is 5.82 Å². The first-order valence-corrected chi connectivity index (χ1v) is 5.53. The van der Waals surface area contributed by atoms with Gasteiger partial charge in [-0.3, -0.25) is 0 Å². The molecule has 1 aromatic rings. The number of ether oxygens (including phenoxy) is 1. The SMILES string of the molecule is C#CCCCCOC(=O)c1c(F)c(F)c(F)c(F)c1F. The van der Waals surface area contributed by atoms with Crippen molar-refractivity contribution in [3.63, 3.8) is 0 Å². The number of esters is 1. The second kappa shape index (κ2) is 6.89. The summed E-state index contributed by atoms with van der Waals surface area (Å²) >= 11 is 0. The Kier molecular flexibility index (Phi) is 5.50. The molecule has 0 fully saturated rings. The van der Waals surface area contributed by atoms with E-state index in [0.717, 1.165) is 0 Å². The molecule has 0 aliphatic heterocycles. The van der Waals surface area contributed by atoms with Crippen molar-refractivity contribution < 1.29 is 31.5 Å². The highest BCUT2D eigenvalue weighted by Crippen LogP contribution is 2.23. The predicted molar refractivity (Wildman–Crippen MR) is 59.2 cm³/mol. The number of unbranched alkanes of at least 4 members (excludes halogenated alkanes) is 2. The maximum atomic E-state index is 13.2. The smallest absolute Gasteiger partial charge is 0.344 e. The molecule has 0 bridgehead atoms. The number of halogens is 5. The molecule has 1 aromatic carbocycles. The number of benzene rings is 1. The van der Waals surface area contributed by atoms with Crippen molar-refractivity contribution in [1.82, 2.24) is 0 Å². The van der Waals surface area contributed by atoms with Crippen LogP contribution in [0.25, 0.3) is 0 Å². The van der Waals surface area contributed by atoms with Crippen LogP contribution in [0.4, 0.5) is 22.0 Å². The standard InChI is InChI=1S/C13H9F5O2/c1-2-3-4-5-6-20-13(19)7-8(14)10(16)12(18)11(17)9(7)15/h1H,3-6H2. The van der Waals surface area contributed by atoms with Gasteiger partial charge in [-0.2, -0.15) is 0 Å². The van der Waals surface area contributed by atoms with Gasteiger partial charge < -0.3 is 4.74 Å². The van der Waals surface area contributed by atoms with Crippen LogP contribution in [0.15, 0.2) is 0 Å². The minimum absolute atomic E-state index is 0.236. The molecule has 0 saturated carbocycles. The minimum Gasteiger partial charge on any atom is -0.462 e. The first-order chi connectivity index (χ1) is 9.41. The molecule has 0 amide bonds. The van der Waals surface area contributed by atoms with Crippen LogP contribution in [0.2, 0.25) is 0 Å². The first kappa shape index (κ1) is 16.0. The van der Waals surface area contributed by atoms with Crippen molar-refractivity contribution in [3.05, 3.63) is 34.6 Å². The molecule has 0 aromatic heterocycles. The Bertz CT molecular complexity index is 534. The van der Waals surface area contributed by atoms with Gasteiger partial charge in [0.1, 0.15) is 5.56 Å². The monoisotopic (exact) mass is 292 g/mol. The lowest BCUT2D eigenvalue weighted by Gasteiger charge is -2.08. The number of hydrogen-bond acceptors (Lipinski definition) is 2. The van der Waals surface area contributed by atoms with Gasteiger partial charge in [0, 0.05) is 6.42 Å². The zero-order chi connectivity index (χ0) is 15.3. The van der Waals surface area contributed by atoms with Crippen LogP contribution in [-0.4, -0.2) is 12.6 Å². The number of terminal acetylenes is 1. The molecule has 0 saturated heterocycles. The Morgan fingerprint density at radius 2 is 1.45 bits per heavy atom. The van der Waals surface area contributed by atoms with Gasteiger partial charge in [0.15, 0.2) is 23.3 Å². The van der Waals surface area contributed by atoms with E-state index in [2.05, 4.69) is 10.7 Å². The summed E-state index contributed by atoms with van der Waals surface area (Å²) in [7, 11) is 0. The summed E-state index contributed by atoms with van der Waals surface area (Å²) in [5, 5.41) is 0. The third-order valence-electron chi connectivity index (χ3n) is 2.36. The van der Waals surface area contributed by atoms with Gasteiger partial charge in [-0.25, -0.2) is 26.7 Å². The highest BCUT2D eigenvalue weighted by atomic mass is 19.2. The third kappa shape index (κ3) is 3.26. The Hall–Kier alpha value is -2.10. The molecule has 108 valence electrons. The van der Waals surface area contributed by atoms with E-state index in [0.29, 0.717) is 19.3 Å². The highest BCUT2D eigenvalue weighted by molar-refractivity contribution is 5.90. The fraction of sp³-hybridized carbons (Fsp3) is 0.308. The Morgan fingerprint density at radius 1 is 0.950 bits per heavy atom. The molecular weight excluding hydrogens is 283 g/mol. The van der Waals surface area contributed by atoms with Crippen molar-refractivity contribution in [2.45, 2.75) is 19.3 Å². The van der Waals surface area contributed by atoms with E-state index in [4.69, 9.17) is 6.42 Å². The molecular formula is C13H9F5O2. The van der Waals surface area contributed by atoms with Crippen molar-refractivity contribution in [2.75, 3.05) is 6.61 Å². The van der Waals surface area contributed by atoms with Gasteiger partial charge in [0.05, 0.1) is 6.61 Å². The van der Waals surface area contributed by atoms with Crippen molar-refractivity contribution in [1.29, 1.82) is 0 Å². The van der Waals surface area contributed by atoms with Crippen LogP contribution < -0.4 is 0 Å². The number of hydrogen-bond donors (Lipinski definition) is 0. The van der Waals surface area contributed by atoms with Gasteiger partial charge in [-0.05, 0) is 12.8 Å². The zero-order valence-electron chi connectivity index (χ0n) is 10.1. The van der Waals surface area contributed by atoms with Crippen LogP contribution in [0, 0.1) is 41.4 Å². The van der Waals surface area contributed by atoms with E-state index in [1.807, 2.05) is 0 Å². The van der Waals surface area contributed by atoms with E-state index in [-0.39, 0.29) is 6.61 Å². The Morgan fingerprint density at radius 3 is 1.95 bits per heavy atom. The van der Waals surface area contributed by atoms with Crippen molar-refractivity contribution >= 4 is 5.97 Å². The lowest BCUT2D eigenvalue weighted by atomic mass is 10.1. The van der Waals surface area contributed by atoms with E-state index in [1.165, 1.54) is 0 Å². The summed E-state index contributed by atoms with van der Waals surface area (Å²) in [6, 6.07) is 0. The molecule has 0 spiro atoms. The van der Waals surface area contributed by atoms with E-state index < -0.39 is 40.6 Å². The minimum atomic E-state index is -2.33. The molecule has 0 aliphatic rings. The van der Waals surface area contributed by atoms with Crippen LogP contribution in [0.1, 0.15) is 29.6 Å². The summed E-state index contributed by atoms with van der Waals surface area (Å²) in [5.41, 5.74) is -1.60. The lowest BCUT2D eigenvalue weighted by molar-refractivity contribution is 0.0484. The van der Waals surface area contributed by atoms with Crippen molar-refractivity contribution in [3.8, 4) is 12.3 Å². The molecule has 0 unspecified atom stereocenters. The lowest BCUT2D eigenvalue weighted by Crippen LogP contribution is -2.15. The van der Waals surface area contributed by atoms with Gasteiger partial charge in [0.25, 0.3) is 0 Å². The van der Waals surface area contributed by atoms with E-state index in [9.17, 15) is 26.7 Å². The molecule has 0 radical (unpaired) electrons. The van der Waals surface area contributed by atoms with Crippen LogP contribution >= 0.6 is 0 Å². The third-order valence-corrected chi connectivity index (χ3v) is 2.36. The normalized spacial score (nSPS) is 10.2. The number of carbonyl (C=O) groups excluding carboxylic acids is 1. The second-order valence-electron chi connectivity index (χ2n) is 3.74. The topological polar surface area (TPSA) is 26.3 Å². The molecule has 7 heteroatoms. The van der Waals surface area contributed by atoms with Crippen LogP contribution in [0.5, 0.6) is 0 Å². The highest BCUT2D eigenvalue weighted by Gasteiger charge is 2.30. The molecule has 0 N–H and O–H groups in total. The molecule has 0 atom stereocenters. The van der Waals surface area contributed by atoms with Crippen LogP contribution in [0.3, 0.4) is 0 Å². The predicted octanol–water partition coefficient (Wildman–Crippen LogP) is 3.34. The van der Waals surface area contributed by atoms with Crippen LogP contribution in [-0.2, 0) is 4.74 Å². The Labute approximate surface area is 111 Å². The molecule has 1 rings (SSSR count). The summed E-state index contributed by atoms with van der Waals surface area (Å²) in [6.07, 6.45) is 6.20. The van der Waals surface area contributed by atoms with Crippen molar-refractivity contribution in [2.24, 2.45) is 0 Å². The summed E-state index contributed by atoms with van der Waals surface area (Å²) < 4.78 is 69.4. The Balaban J connectivity index is 2.87. The largest absolute Gasteiger partial charge is 0.462 e. The maximum absolute atomic E-state index is 13.2. The number of rotatable bonds is 5. The molecule has 2 nitrogen and oxygen atoms in total.